The summed E-state index contributed by atoms with van der Waals surface area (Å²) in [5.41, 5.74) is 0. The summed E-state index contributed by atoms with van der Waals surface area (Å²) in [5, 5.41) is 0.539. The summed E-state index contributed by atoms with van der Waals surface area (Å²) in [6.07, 6.45) is 4.26. The molecule has 0 aromatic rings. The number of carbonyl (C=O) groups excluding carboxylic acids is 2. The molecule has 4 nitrogen and oxygen atoms in total. The molecule has 0 spiro atoms. The lowest BCUT2D eigenvalue weighted by atomic mass is 10.1. The van der Waals surface area contributed by atoms with Crippen LogP contribution in [-0.2, 0) is 9.59 Å². The van der Waals surface area contributed by atoms with Crippen LogP contribution in [0.3, 0.4) is 0 Å². The van der Waals surface area contributed by atoms with Crippen LogP contribution in [0.2, 0.25) is 0 Å². The zero-order valence-corrected chi connectivity index (χ0v) is 11.6. The second kappa shape index (κ2) is 4.76. The first-order chi connectivity index (χ1) is 8.68. The fourth-order valence-electron chi connectivity index (χ4n) is 3.30. The molecular weight excluding hydrogens is 248 g/mol. The van der Waals surface area contributed by atoms with E-state index in [0.717, 1.165) is 25.9 Å². The highest BCUT2D eigenvalue weighted by Gasteiger charge is 2.46. The van der Waals surface area contributed by atoms with Gasteiger partial charge in [0.05, 0.1) is 0 Å². The van der Waals surface area contributed by atoms with E-state index in [0.29, 0.717) is 5.25 Å². The third-order valence-electron chi connectivity index (χ3n) is 4.35. The van der Waals surface area contributed by atoms with E-state index in [1.807, 2.05) is 23.6 Å². The van der Waals surface area contributed by atoms with Gasteiger partial charge >= 0.3 is 0 Å². The molecule has 0 saturated carbocycles. The van der Waals surface area contributed by atoms with Gasteiger partial charge in [-0.25, -0.2) is 0 Å². The summed E-state index contributed by atoms with van der Waals surface area (Å²) in [5.74, 6) is 1.54. The van der Waals surface area contributed by atoms with Gasteiger partial charge in [0.25, 0.3) is 0 Å². The molecule has 5 heteroatoms. The highest BCUT2D eigenvalue weighted by atomic mass is 32.2. The van der Waals surface area contributed by atoms with E-state index in [4.69, 9.17) is 0 Å². The zero-order chi connectivity index (χ0) is 12.7. The monoisotopic (exact) mass is 268 g/mol. The van der Waals surface area contributed by atoms with E-state index in [1.165, 1.54) is 18.6 Å². The lowest BCUT2D eigenvalue weighted by Gasteiger charge is -2.41. The molecule has 2 amide bonds. The number of amides is 2. The Labute approximate surface area is 112 Å². The van der Waals surface area contributed by atoms with Gasteiger partial charge in [0.2, 0.25) is 11.8 Å². The normalized spacial score (nSPS) is 36.4. The molecule has 3 fully saturated rings. The number of rotatable bonds is 2. The van der Waals surface area contributed by atoms with Gasteiger partial charge < -0.3 is 9.80 Å². The van der Waals surface area contributed by atoms with Crippen molar-refractivity contribution in [1.82, 2.24) is 9.80 Å². The van der Waals surface area contributed by atoms with E-state index < -0.39 is 0 Å². The summed E-state index contributed by atoms with van der Waals surface area (Å²) in [6.45, 7) is 3.42. The molecule has 3 saturated heterocycles. The predicted molar refractivity (Wildman–Crippen MR) is 71.4 cm³/mol. The minimum Gasteiger partial charge on any atom is -0.329 e. The fraction of sp³-hybridized carbons (Fsp3) is 0.846. The smallest absolute Gasteiger partial charge is 0.246 e. The van der Waals surface area contributed by atoms with Gasteiger partial charge in [0.15, 0.2) is 0 Å². The van der Waals surface area contributed by atoms with Crippen molar-refractivity contribution in [3.63, 3.8) is 0 Å². The van der Waals surface area contributed by atoms with Gasteiger partial charge in [-0.15, -0.1) is 0 Å². The number of nitrogens with zero attached hydrogens (tertiary/aromatic N) is 2. The van der Waals surface area contributed by atoms with E-state index >= 15 is 0 Å². The average molecular weight is 268 g/mol. The van der Waals surface area contributed by atoms with E-state index in [-0.39, 0.29) is 23.9 Å². The zero-order valence-electron chi connectivity index (χ0n) is 10.8. The molecule has 3 unspecified atom stereocenters. The maximum Gasteiger partial charge on any atom is 0.246 e. The van der Waals surface area contributed by atoms with Crippen LogP contribution in [0.15, 0.2) is 0 Å². The first kappa shape index (κ1) is 12.3. The van der Waals surface area contributed by atoms with E-state index in [1.54, 1.807) is 4.90 Å². The van der Waals surface area contributed by atoms with Crippen molar-refractivity contribution in [3.05, 3.63) is 0 Å². The highest BCUT2D eigenvalue weighted by Crippen LogP contribution is 2.31. The maximum absolute atomic E-state index is 12.5. The molecule has 0 aliphatic carbocycles. The first-order valence-electron chi connectivity index (χ1n) is 6.91. The van der Waals surface area contributed by atoms with E-state index in [2.05, 4.69) is 0 Å². The molecule has 18 heavy (non-hydrogen) atoms. The van der Waals surface area contributed by atoms with Crippen LogP contribution in [0.1, 0.15) is 32.6 Å². The summed E-state index contributed by atoms with van der Waals surface area (Å²) in [6, 6.07) is -0.409. The number of hydrogen-bond acceptors (Lipinski definition) is 3. The van der Waals surface area contributed by atoms with Crippen LogP contribution < -0.4 is 0 Å². The third-order valence-corrected chi connectivity index (χ3v) is 5.73. The number of hydrogen-bond donors (Lipinski definition) is 0. The van der Waals surface area contributed by atoms with Crippen LogP contribution in [0.4, 0.5) is 0 Å². The summed E-state index contributed by atoms with van der Waals surface area (Å²) >= 11 is 1.95. The molecule has 100 valence electrons. The van der Waals surface area contributed by atoms with Crippen molar-refractivity contribution in [1.29, 1.82) is 0 Å². The van der Waals surface area contributed by atoms with Crippen LogP contribution in [-0.4, -0.2) is 57.8 Å². The Balaban J connectivity index is 1.75. The van der Waals surface area contributed by atoms with Crippen molar-refractivity contribution in [2.45, 2.75) is 49.9 Å². The quantitative estimate of drug-likeness (QED) is 0.753. The van der Waals surface area contributed by atoms with Crippen molar-refractivity contribution >= 4 is 23.6 Å². The highest BCUT2D eigenvalue weighted by molar-refractivity contribution is 8.00. The lowest BCUT2D eigenvalue weighted by Crippen LogP contribution is -2.62. The Morgan fingerprint density at radius 2 is 2.06 bits per heavy atom. The largest absolute Gasteiger partial charge is 0.329 e. The minimum atomic E-state index is -0.256. The van der Waals surface area contributed by atoms with Crippen molar-refractivity contribution in [2.24, 2.45) is 0 Å². The lowest BCUT2D eigenvalue weighted by molar-refractivity contribution is -0.158. The van der Waals surface area contributed by atoms with Crippen LogP contribution in [0.5, 0.6) is 0 Å². The van der Waals surface area contributed by atoms with Gasteiger partial charge in [-0.2, -0.15) is 11.8 Å². The average Bonchev–Trinajstić information content (AvgIpc) is 3.02. The van der Waals surface area contributed by atoms with Gasteiger partial charge in [0, 0.05) is 18.3 Å². The molecule has 0 radical (unpaired) electrons. The van der Waals surface area contributed by atoms with Gasteiger partial charge in [-0.1, -0.05) is 0 Å². The Kier molecular flexibility index (Phi) is 3.26. The van der Waals surface area contributed by atoms with Gasteiger partial charge in [-0.3, -0.25) is 9.59 Å². The van der Waals surface area contributed by atoms with E-state index in [9.17, 15) is 9.59 Å². The molecular formula is C13H20N2O2S. The number of thioether (sulfide) groups is 1. The molecule has 3 aliphatic rings. The van der Waals surface area contributed by atoms with Crippen molar-refractivity contribution < 1.29 is 9.59 Å². The molecule has 0 bridgehead atoms. The summed E-state index contributed by atoms with van der Waals surface area (Å²) < 4.78 is 0. The van der Waals surface area contributed by atoms with Crippen molar-refractivity contribution in [3.8, 4) is 0 Å². The summed E-state index contributed by atoms with van der Waals surface area (Å²) in [4.78, 5) is 28.4. The fourth-order valence-corrected chi connectivity index (χ4v) is 4.56. The number of carbonyl (C=O) groups is 2. The SMILES string of the molecule is CC1C(=O)N2CCCC2C(=O)N1CC1CCCS1. The van der Waals surface area contributed by atoms with Crippen LogP contribution >= 0.6 is 11.8 Å². The maximum atomic E-state index is 12.5. The molecule has 0 aromatic carbocycles. The minimum absolute atomic E-state index is 0.153. The second-order valence-electron chi connectivity index (χ2n) is 5.49. The third kappa shape index (κ3) is 1.92. The second-order valence-corrected chi connectivity index (χ2v) is 6.90. The van der Waals surface area contributed by atoms with Gasteiger partial charge in [-0.05, 0) is 38.4 Å². The molecule has 3 atom stereocenters. The Morgan fingerprint density at radius 3 is 2.78 bits per heavy atom. The molecule has 3 aliphatic heterocycles. The van der Waals surface area contributed by atoms with Crippen LogP contribution in [0, 0.1) is 0 Å². The number of fused-ring (bicyclic) bond motifs is 1. The predicted octanol–water partition coefficient (Wildman–Crippen LogP) is 1.10. The molecule has 3 heterocycles. The molecule has 0 aromatic heterocycles. The molecule has 0 N–H and O–H groups in total. The molecule has 3 rings (SSSR count). The Bertz CT molecular complexity index is 368. The van der Waals surface area contributed by atoms with Crippen LogP contribution in [0.25, 0.3) is 0 Å². The standard InChI is InChI=1S/C13H20N2O2S/c1-9-12(16)14-6-2-5-11(14)13(17)15(9)8-10-4-3-7-18-10/h9-11H,2-8H2,1H3. The van der Waals surface area contributed by atoms with Gasteiger partial charge in [0.1, 0.15) is 12.1 Å². The Hall–Kier alpha value is -0.710. The topological polar surface area (TPSA) is 40.6 Å². The first-order valence-corrected chi connectivity index (χ1v) is 7.96. The number of piperazine rings is 1. The van der Waals surface area contributed by atoms with Crippen molar-refractivity contribution in [2.75, 3.05) is 18.8 Å². The summed E-state index contributed by atoms with van der Waals surface area (Å²) in [7, 11) is 0. The Morgan fingerprint density at radius 1 is 1.22 bits per heavy atom.